The standard InChI is InChI=1S/C24H29NO5S/c1-3-29-23(27)20-16(2)21(24(28)30-15-18-12-8-5-9-13-18)31-22(20)25-19(26)14-17-10-6-4-7-11-17/h5,8-9,12-13,17H,3-4,6-7,10-11,14-15H2,1-2H3,(H,25,26). The van der Waals surface area contributed by atoms with E-state index in [4.69, 9.17) is 9.47 Å². The fraction of sp³-hybridized carbons (Fsp3) is 0.458. The van der Waals surface area contributed by atoms with Crippen LogP contribution in [-0.2, 0) is 20.9 Å². The minimum Gasteiger partial charge on any atom is -0.462 e. The summed E-state index contributed by atoms with van der Waals surface area (Å²) in [5.74, 6) is -0.838. The Bertz CT molecular complexity index is 916. The van der Waals surface area contributed by atoms with Crippen molar-refractivity contribution in [1.82, 2.24) is 0 Å². The van der Waals surface area contributed by atoms with Crippen LogP contribution in [0.1, 0.15) is 76.6 Å². The van der Waals surface area contributed by atoms with Crippen molar-refractivity contribution in [3.8, 4) is 0 Å². The van der Waals surface area contributed by atoms with E-state index >= 15 is 0 Å². The molecular weight excluding hydrogens is 414 g/mol. The fourth-order valence-electron chi connectivity index (χ4n) is 3.87. The third kappa shape index (κ3) is 6.17. The lowest BCUT2D eigenvalue weighted by atomic mass is 9.87. The van der Waals surface area contributed by atoms with Gasteiger partial charge in [0.15, 0.2) is 0 Å². The Hall–Kier alpha value is -2.67. The molecule has 7 heteroatoms. The summed E-state index contributed by atoms with van der Waals surface area (Å²) in [6, 6.07) is 9.38. The predicted molar refractivity (Wildman–Crippen MR) is 120 cm³/mol. The number of thiophene rings is 1. The molecule has 0 atom stereocenters. The average Bonchev–Trinajstić information content (AvgIpc) is 3.09. The first kappa shape index (κ1) is 23.0. The molecule has 3 rings (SSSR count). The van der Waals surface area contributed by atoms with E-state index in [-0.39, 0.29) is 24.7 Å². The van der Waals surface area contributed by atoms with Crippen LogP contribution < -0.4 is 5.32 Å². The van der Waals surface area contributed by atoms with Crippen LogP contribution in [0, 0.1) is 12.8 Å². The molecular formula is C24H29NO5S. The highest BCUT2D eigenvalue weighted by atomic mass is 32.1. The fourth-order valence-corrected chi connectivity index (χ4v) is 4.97. The van der Waals surface area contributed by atoms with Crippen molar-refractivity contribution < 1.29 is 23.9 Å². The first-order chi connectivity index (χ1) is 15.0. The number of rotatable bonds is 8. The zero-order valence-electron chi connectivity index (χ0n) is 18.1. The van der Waals surface area contributed by atoms with Crippen molar-refractivity contribution in [2.24, 2.45) is 5.92 Å². The van der Waals surface area contributed by atoms with Crippen LogP contribution in [0.3, 0.4) is 0 Å². The van der Waals surface area contributed by atoms with Crippen LogP contribution in [-0.4, -0.2) is 24.5 Å². The summed E-state index contributed by atoms with van der Waals surface area (Å²) in [6.45, 7) is 3.74. The van der Waals surface area contributed by atoms with Gasteiger partial charge in [-0.15, -0.1) is 11.3 Å². The Balaban J connectivity index is 1.76. The summed E-state index contributed by atoms with van der Waals surface area (Å²) < 4.78 is 10.6. The third-order valence-corrected chi connectivity index (χ3v) is 6.66. The van der Waals surface area contributed by atoms with Crippen molar-refractivity contribution in [1.29, 1.82) is 0 Å². The van der Waals surface area contributed by atoms with Crippen LogP contribution in [0.15, 0.2) is 30.3 Å². The second-order valence-electron chi connectivity index (χ2n) is 7.80. The molecule has 1 N–H and O–H groups in total. The Morgan fingerprint density at radius 1 is 1.03 bits per heavy atom. The van der Waals surface area contributed by atoms with E-state index < -0.39 is 11.9 Å². The van der Waals surface area contributed by atoms with Gasteiger partial charge in [0.2, 0.25) is 5.91 Å². The first-order valence-electron chi connectivity index (χ1n) is 10.8. The lowest BCUT2D eigenvalue weighted by Gasteiger charge is -2.20. The SMILES string of the molecule is CCOC(=O)c1c(NC(=O)CC2CCCCC2)sc(C(=O)OCc2ccccc2)c1C. The normalized spacial score (nSPS) is 14.1. The molecule has 1 heterocycles. The summed E-state index contributed by atoms with van der Waals surface area (Å²) >= 11 is 1.07. The summed E-state index contributed by atoms with van der Waals surface area (Å²) in [6.07, 6.45) is 6.07. The van der Waals surface area contributed by atoms with Crippen molar-refractivity contribution in [2.45, 2.75) is 59.0 Å². The van der Waals surface area contributed by atoms with E-state index in [1.807, 2.05) is 30.3 Å². The van der Waals surface area contributed by atoms with Crippen LogP contribution in [0.5, 0.6) is 0 Å². The number of esters is 2. The molecule has 0 saturated heterocycles. The summed E-state index contributed by atoms with van der Waals surface area (Å²) in [5.41, 5.74) is 1.57. The maximum Gasteiger partial charge on any atom is 0.349 e. The largest absolute Gasteiger partial charge is 0.462 e. The lowest BCUT2D eigenvalue weighted by Crippen LogP contribution is -2.19. The zero-order valence-corrected chi connectivity index (χ0v) is 18.9. The smallest absolute Gasteiger partial charge is 0.349 e. The first-order valence-corrected chi connectivity index (χ1v) is 11.6. The number of ether oxygens (including phenoxy) is 2. The van der Waals surface area contributed by atoms with Crippen molar-refractivity contribution in [2.75, 3.05) is 11.9 Å². The number of carbonyl (C=O) groups excluding carboxylic acids is 3. The summed E-state index contributed by atoms with van der Waals surface area (Å²) in [7, 11) is 0. The molecule has 1 fully saturated rings. The van der Waals surface area contributed by atoms with E-state index in [1.165, 1.54) is 6.42 Å². The maximum absolute atomic E-state index is 12.7. The Morgan fingerprint density at radius 2 is 1.74 bits per heavy atom. The molecule has 1 aromatic heterocycles. The van der Waals surface area contributed by atoms with E-state index in [1.54, 1.807) is 13.8 Å². The number of hydrogen-bond acceptors (Lipinski definition) is 6. The summed E-state index contributed by atoms with van der Waals surface area (Å²) in [5, 5.41) is 3.21. The highest BCUT2D eigenvalue weighted by Gasteiger charge is 2.28. The molecule has 0 unspecified atom stereocenters. The molecule has 31 heavy (non-hydrogen) atoms. The van der Waals surface area contributed by atoms with Gasteiger partial charge in [-0.1, -0.05) is 49.6 Å². The van der Waals surface area contributed by atoms with Gasteiger partial charge in [-0.05, 0) is 43.7 Å². The quantitative estimate of drug-likeness (QED) is 0.545. The highest BCUT2D eigenvalue weighted by Crippen LogP contribution is 2.35. The second-order valence-corrected chi connectivity index (χ2v) is 8.82. The molecule has 6 nitrogen and oxygen atoms in total. The van der Waals surface area contributed by atoms with E-state index in [0.717, 1.165) is 42.6 Å². The number of amides is 1. The molecule has 1 aliphatic carbocycles. The molecule has 1 aliphatic rings. The van der Waals surface area contributed by atoms with E-state index in [2.05, 4.69) is 5.32 Å². The van der Waals surface area contributed by atoms with Gasteiger partial charge in [-0.2, -0.15) is 0 Å². The Labute approximate surface area is 186 Å². The molecule has 166 valence electrons. The van der Waals surface area contributed by atoms with Gasteiger partial charge in [0, 0.05) is 6.42 Å². The van der Waals surface area contributed by atoms with Crippen molar-refractivity contribution >= 4 is 34.2 Å². The maximum atomic E-state index is 12.7. The molecule has 0 bridgehead atoms. The van der Waals surface area contributed by atoms with Crippen molar-refractivity contribution in [3.05, 3.63) is 51.9 Å². The van der Waals surface area contributed by atoms with Crippen LogP contribution in [0.2, 0.25) is 0 Å². The molecule has 0 radical (unpaired) electrons. The molecule has 0 aliphatic heterocycles. The van der Waals surface area contributed by atoms with Gasteiger partial charge in [-0.3, -0.25) is 4.79 Å². The minimum absolute atomic E-state index is 0.134. The minimum atomic E-state index is -0.550. The average molecular weight is 444 g/mol. The monoisotopic (exact) mass is 443 g/mol. The van der Waals surface area contributed by atoms with Crippen LogP contribution in [0.4, 0.5) is 5.00 Å². The van der Waals surface area contributed by atoms with Crippen LogP contribution >= 0.6 is 11.3 Å². The predicted octanol–water partition coefficient (Wildman–Crippen LogP) is 5.50. The Morgan fingerprint density at radius 3 is 2.42 bits per heavy atom. The number of carbonyl (C=O) groups is 3. The number of anilines is 1. The van der Waals surface area contributed by atoms with Crippen LogP contribution in [0.25, 0.3) is 0 Å². The molecule has 1 aromatic carbocycles. The Kier molecular flexibility index (Phi) is 8.23. The third-order valence-electron chi connectivity index (χ3n) is 5.48. The number of benzene rings is 1. The molecule has 2 aromatic rings. The summed E-state index contributed by atoms with van der Waals surface area (Å²) in [4.78, 5) is 38.2. The van der Waals surface area contributed by atoms with Crippen molar-refractivity contribution in [3.63, 3.8) is 0 Å². The molecule has 1 saturated carbocycles. The van der Waals surface area contributed by atoms with Gasteiger partial charge in [0.05, 0.1) is 12.2 Å². The molecule has 0 spiro atoms. The van der Waals surface area contributed by atoms with E-state index in [0.29, 0.717) is 27.8 Å². The lowest BCUT2D eigenvalue weighted by molar-refractivity contribution is -0.117. The number of hydrogen-bond donors (Lipinski definition) is 1. The van der Waals surface area contributed by atoms with Gasteiger partial charge in [0.25, 0.3) is 0 Å². The number of nitrogens with one attached hydrogen (secondary N) is 1. The van der Waals surface area contributed by atoms with Gasteiger partial charge >= 0.3 is 11.9 Å². The van der Waals surface area contributed by atoms with E-state index in [9.17, 15) is 14.4 Å². The van der Waals surface area contributed by atoms with Gasteiger partial charge in [0.1, 0.15) is 16.5 Å². The zero-order chi connectivity index (χ0) is 22.2. The highest BCUT2D eigenvalue weighted by molar-refractivity contribution is 7.18. The molecule has 1 amide bonds. The van der Waals surface area contributed by atoms with Gasteiger partial charge in [-0.25, -0.2) is 9.59 Å². The second kappa shape index (κ2) is 11.1. The van der Waals surface area contributed by atoms with Gasteiger partial charge < -0.3 is 14.8 Å². The topological polar surface area (TPSA) is 81.7 Å².